The molecule has 1 rings (SSSR count). The SMILES string of the molecule is CCNC(=O)C1(OC(C)=O)CC(=O)O[C@@H]1C(=O)O. The first-order valence-corrected chi connectivity index (χ1v) is 5.23. The van der Waals surface area contributed by atoms with E-state index in [1.165, 1.54) is 0 Å². The lowest BCUT2D eigenvalue weighted by molar-refractivity contribution is -0.181. The molecule has 1 saturated heterocycles. The molecule has 1 unspecified atom stereocenters. The van der Waals surface area contributed by atoms with Gasteiger partial charge in [0, 0.05) is 13.5 Å². The molecular weight excluding hydrogens is 246 g/mol. The summed E-state index contributed by atoms with van der Waals surface area (Å²) in [6.45, 7) is 2.82. The molecule has 100 valence electrons. The Balaban J connectivity index is 3.16. The van der Waals surface area contributed by atoms with Crippen LogP contribution in [0.4, 0.5) is 0 Å². The van der Waals surface area contributed by atoms with Crippen LogP contribution in [0.1, 0.15) is 20.3 Å². The van der Waals surface area contributed by atoms with Gasteiger partial charge in [-0.15, -0.1) is 0 Å². The van der Waals surface area contributed by atoms with Gasteiger partial charge in [-0.2, -0.15) is 0 Å². The number of hydrogen-bond acceptors (Lipinski definition) is 6. The Morgan fingerprint density at radius 2 is 2.17 bits per heavy atom. The van der Waals surface area contributed by atoms with E-state index in [1.807, 2.05) is 0 Å². The van der Waals surface area contributed by atoms with Gasteiger partial charge >= 0.3 is 17.9 Å². The van der Waals surface area contributed by atoms with E-state index in [0.717, 1.165) is 6.92 Å². The van der Waals surface area contributed by atoms with Gasteiger partial charge in [-0.1, -0.05) is 0 Å². The number of rotatable bonds is 4. The molecule has 0 aromatic rings. The van der Waals surface area contributed by atoms with Crippen molar-refractivity contribution in [2.75, 3.05) is 6.54 Å². The van der Waals surface area contributed by atoms with Gasteiger partial charge in [-0.3, -0.25) is 14.4 Å². The molecule has 2 atom stereocenters. The van der Waals surface area contributed by atoms with Gasteiger partial charge in [0.25, 0.3) is 5.91 Å². The van der Waals surface area contributed by atoms with Crippen molar-refractivity contribution in [3.63, 3.8) is 0 Å². The molecule has 0 aliphatic carbocycles. The van der Waals surface area contributed by atoms with Crippen LogP contribution in [0.3, 0.4) is 0 Å². The van der Waals surface area contributed by atoms with Crippen LogP contribution in [-0.2, 0) is 28.7 Å². The first-order valence-electron chi connectivity index (χ1n) is 5.23. The number of cyclic esters (lactones) is 1. The summed E-state index contributed by atoms with van der Waals surface area (Å²) in [6.07, 6.45) is -2.45. The Labute approximate surface area is 102 Å². The van der Waals surface area contributed by atoms with Crippen molar-refractivity contribution in [1.29, 1.82) is 0 Å². The van der Waals surface area contributed by atoms with Crippen molar-refractivity contribution in [1.82, 2.24) is 5.32 Å². The maximum atomic E-state index is 11.9. The molecule has 0 bridgehead atoms. The maximum Gasteiger partial charge on any atom is 0.349 e. The van der Waals surface area contributed by atoms with E-state index in [0.29, 0.717) is 0 Å². The van der Waals surface area contributed by atoms with Crippen LogP contribution in [0.15, 0.2) is 0 Å². The van der Waals surface area contributed by atoms with E-state index in [9.17, 15) is 19.2 Å². The first-order chi connectivity index (χ1) is 8.33. The molecule has 1 fully saturated rings. The molecule has 1 heterocycles. The fourth-order valence-electron chi connectivity index (χ4n) is 1.73. The average molecular weight is 259 g/mol. The molecule has 18 heavy (non-hydrogen) atoms. The number of carboxylic acid groups (broad SMARTS) is 1. The third-order valence-corrected chi connectivity index (χ3v) is 2.35. The maximum absolute atomic E-state index is 11.9. The highest BCUT2D eigenvalue weighted by molar-refractivity contribution is 6.00. The monoisotopic (exact) mass is 259 g/mol. The number of esters is 2. The topological polar surface area (TPSA) is 119 Å². The van der Waals surface area contributed by atoms with E-state index in [2.05, 4.69) is 10.1 Å². The summed E-state index contributed by atoms with van der Waals surface area (Å²) in [6, 6.07) is 0. The quantitative estimate of drug-likeness (QED) is 0.610. The van der Waals surface area contributed by atoms with Gasteiger partial charge < -0.3 is 19.9 Å². The van der Waals surface area contributed by atoms with Gasteiger partial charge in [-0.05, 0) is 6.92 Å². The second-order valence-electron chi connectivity index (χ2n) is 3.73. The number of amides is 1. The number of nitrogens with one attached hydrogen (secondary N) is 1. The van der Waals surface area contributed by atoms with Crippen molar-refractivity contribution in [2.24, 2.45) is 0 Å². The van der Waals surface area contributed by atoms with Crippen molar-refractivity contribution in [2.45, 2.75) is 32.0 Å². The van der Waals surface area contributed by atoms with Crippen molar-refractivity contribution >= 4 is 23.8 Å². The normalized spacial score (nSPS) is 26.3. The molecule has 0 aromatic carbocycles. The Hall–Kier alpha value is -2.12. The Morgan fingerprint density at radius 3 is 2.61 bits per heavy atom. The molecule has 1 aliphatic rings. The van der Waals surface area contributed by atoms with Crippen LogP contribution in [0.5, 0.6) is 0 Å². The number of aliphatic carboxylic acids is 1. The second-order valence-corrected chi connectivity index (χ2v) is 3.73. The van der Waals surface area contributed by atoms with Crippen LogP contribution >= 0.6 is 0 Å². The van der Waals surface area contributed by atoms with Crippen molar-refractivity contribution < 1.29 is 33.8 Å². The second kappa shape index (κ2) is 5.03. The van der Waals surface area contributed by atoms with Gasteiger partial charge in [-0.25, -0.2) is 4.79 Å². The number of carbonyl (C=O) groups is 4. The number of likely N-dealkylation sites (N-methyl/N-ethyl adjacent to an activating group) is 1. The zero-order chi connectivity index (χ0) is 13.9. The van der Waals surface area contributed by atoms with Gasteiger partial charge in [0.1, 0.15) is 0 Å². The predicted octanol–water partition coefficient (Wildman–Crippen LogP) is -1.18. The molecular formula is C10H13NO7. The lowest BCUT2D eigenvalue weighted by Gasteiger charge is -2.27. The summed E-state index contributed by atoms with van der Waals surface area (Å²) in [5, 5.41) is 11.3. The zero-order valence-corrected chi connectivity index (χ0v) is 9.89. The first kappa shape index (κ1) is 13.9. The fraction of sp³-hybridized carbons (Fsp3) is 0.600. The lowest BCUT2D eigenvalue weighted by Crippen LogP contribution is -2.57. The van der Waals surface area contributed by atoms with Crippen LogP contribution in [0.25, 0.3) is 0 Å². The Morgan fingerprint density at radius 1 is 1.56 bits per heavy atom. The largest absolute Gasteiger partial charge is 0.478 e. The Bertz CT molecular complexity index is 405. The molecule has 0 spiro atoms. The predicted molar refractivity (Wildman–Crippen MR) is 55.3 cm³/mol. The minimum absolute atomic E-state index is 0.197. The molecule has 8 nitrogen and oxygen atoms in total. The Kier molecular flexibility index (Phi) is 3.89. The van der Waals surface area contributed by atoms with E-state index in [4.69, 9.17) is 9.84 Å². The minimum Gasteiger partial charge on any atom is -0.478 e. The minimum atomic E-state index is -2.13. The molecule has 8 heteroatoms. The van der Waals surface area contributed by atoms with E-state index < -0.39 is 41.9 Å². The van der Waals surface area contributed by atoms with Crippen LogP contribution in [0, 0.1) is 0 Å². The summed E-state index contributed by atoms with van der Waals surface area (Å²) in [4.78, 5) is 45.1. The van der Waals surface area contributed by atoms with Gasteiger partial charge in [0.05, 0.1) is 6.42 Å². The molecule has 0 saturated carbocycles. The molecule has 1 amide bonds. The fourth-order valence-corrected chi connectivity index (χ4v) is 1.73. The molecule has 0 radical (unpaired) electrons. The highest BCUT2D eigenvalue weighted by atomic mass is 16.6. The summed E-state index contributed by atoms with van der Waals surface area (Å²) in [7, 11) is 0. The van der Waals surface area contributed by atoms with Crippen LogP contribution < -0.4 is 5.32 Å². The number of carbonyl (C=O) groups excluding carboxylic acids is 3. The zero-order valence-electron chi connectivity index (χ0n) is 9.89. The number of carboxylic acids is 1. The lowest BCUT2D eigenvalue weighted by atomic mass is 9.93. The summed E-state index contributed by atoms with van der Waals surface area (Å²) in [5.41, 5.74) is -2.13. The van der Waals surface area contributed by atoms with Gasteiger partial charge in [0.15, 0.2) is 0 Å². The van der Waals surface area contributed by atoms with Crippen molar-refractivity contribution in [3.05, 3.63) is 0 Å². The number of hydrogen-bond donors (Lipinski definition) is 2. The standard InChI is InChI=1S/C10H13NO7/c1-3-11-9(16)10(18-5(2)12)4-6(13)17-7(10)8(14)15/h7H,3-4H2,1-2H3,(H,11,16)(H,14,15)/t7-,10?/m1/s1. The summed E-state index contributed by atoms with van der Waals surface area (Å²) >= 11 is 0. The smallest absolute Gasteiger partial charge is 0.349 e. The van der Waals surface area contributed by atoms with Crippen LogP contribution in [-0.4, -0.2) is 47.2 Å². The van der Waals surface area contributed by atoms with Crippen molar-refractivity contribution in [3.8, 4) is 0 Å². The molecule has 0 aromatic heterocycles. The highest BCUT2D eigenvalue weighted by Gasteiger charge is 2.61. The van der Waals surface area contributed by atoms with Gasteiger partial charge in [0.2, 0.25) is 11.7 Å². The highest BCUT2D eigenvalue weighted by Crippen LogP contribution is 2.32. The van der Waals surface area contributed by atoms with Crippen LogP contribution in [0.2, 0.25) is 0 Å². The third-order valence-electron chi connectivity index (χ3n) is 2.35. The summed E-state index contributed by atoms with van der Waals surface area (Å²) < 4.78 is 9.31. The number of ether oxygens (including phenoxy) is 2. The van der Waals surface area contributed by atoms with E-state index >= 15 is 0 Å². The molecule has 2 N–H and O–H groups in total. The summed E-state index contributed by atoms with van der Waals surface area (Å²) in [5.74, 6) is -4.19. The molecule has 1 aliphatic heterocycles. The third kappa shape index (κ3) is 2.41. The van der Waals surface area contributed by atoms with E-state index in [-0.39, 0.29) is 6.54 Å². The average Bonchev–Trinajstić information content (AvgIpc) is 2.56. The van der Waals surface area contributed by atoms with E-state index in [1.54, 1.807) is 6.92 Å².